The van der Waals surface area contributed by atoms with E-state index in [9.17, 15) is 10.1 Å². The average molecular weight is 321 g/mol. The lowest BCUT2D eigenvalue weighted by molar-refractivity contribution is 0.0614. The molecule has 1 amide bonds. The summed E-state index contributed by atoms with van der Waals surface area (Å²) >= 11 is 3.44. The highest BCUT2D eigenvalue weighted by Crippen LogP contribution is 2.35. The molecule has 19 heavy (non-hydrogen) atoms. The van der Waals surface area contributed by atoms with E-state index in [1.165, 1.54) is 0 Å². The Morgan fingerprint density at radius 2 is 2.11 bits per heavy atom. The molecule has 0 heterocycles. The van der Waals surface area contributed by atoms with Gasteiger partial charge in [0.15, 0.2) is 0 Å². The van der Waals surface area contributed by atoms with E-state index in [4.69, 9.17) is 0 Å². The van der Waals surface area contributed by atoms with Gasteiger partial charge in [0, 0.05) is 10.5 Å². The molecule has 0 atom stereocenters. The van der Waals surface area contributed by atoms with Crippen molar-refractivity contribution in [1.82, 2.24) is 4.90 Å². The van der Waals surface area contributed by atoms with E-state index in [-0.39, 0.29) is 11.9 Å². The number of hydrogen-bond donors (Lipinski definition) is 0. The van der Waals surface area contributed by atoms with E-state index in [2.05, 4.69) is 22.0 Å². The van der Waals surface area contributed by atoms with Crippen molar-refractivity contribution >= 4 is 21.8 Å². The van der Waals surface area contributed by atoms with Gasteiger partial charge >= 0.3 is 0 Å². The number of carbonyl (C=O) groups is 1. The first-order chi connectivity index (χ1) is 8.86. The third kappa shape index (κ3) is 2.82. The van der Waals surface area contributed by atoms with Crippen LogP contribution in [0.4, 0.5) is 0 Å². The molecular formula is C15H17BrN2O. The van der Waals surface area contributed by atoms with Gasteiger partial charge in [0.25, 0.3) is 5.91 Å². The Kier molecular flexibility index (Phi) is 3.69. The second kappa shape index (κ2) is 4.97. The van der Waals surface area contributed by atoms with Gasteiger partial charge < -0.3 is 4.90 Å². The quantitative estimate of drug-likeness (QED) is 0.853. The fourth-order valence-corrected chi connectivity index (χ4v) is 2.85. The average Bonchev–Trinajstić information content (AvgIpc) is 3.13. The highest BCUT2D eigenvalue weighted by Gasteiger charge is 2.42. The first kappa shape index (κ1) is 14.1. The van der Waals surface area contributed by atoms with Crippen molar-refractivity contribution in [3.63, 3.8) is 0 Å². The molecule has 3 nitrogen and oxygen atoms in total. The van der Waals surface area contributed by atoms with Crippen molar-refractivity contribution in [1.29, 1.82) is 5.26 Å². The van der Waals surface area contributed by atoms with Crippen LogP contribution in [0.5, 0.6) is 0 Å². The molecule has 0 bridgehead atoms. The SMILES string of the molecule is Cc1ccc(C(=O)N(C2CC2)C(C)(C)C#N)c(Br)c1. The van der Waals surface area contributed by atoms with Crippen molar-refractivity contribution in [2.24, 2.45) is 0 Å². The molecule has 0 radical (unpaired) electrons. The van der Waals surface area contributed by atoms with Gasteiger partial charge in [-0.25, -0.2) is 0 Å². The van der Waals surface area contributed by atoms with E-state index in [1.807, 2.05) is 25.1 Å². The van der Waals surface area contributed by atoms with Gasteiger partial charge in [0.1, 0.15) is 5.54 Å². The molecule has 1 aliphatic rings. The van der Waals surface area contributed by atoms with Crippen LogP contribution < -0.4 is 0 Å². The molecule has 1 aromatic carbocycles. The fraction of sp³-hybridized carbons (Fsp3) is 0.467. The molecule has 0 aromatic heterocycles. The topological polar surface area (TPSA) is 44.1 Å². The number of nitriles is 1. The van der Waals surface area contributed by atoms with Gasteiger partial charge in [0.2, 0.25) is 0 Å². The van der Waals surface area contributed by atoms with Crippen LogP contribution in [-0.4, -0.2) is 22.4 Å². The first-order valence-electron chi connectivity index (χ1n) is 6.38. The number of amides is 1. The van der Waals surface area contributed by atoms with Crippen LogP contribution in [-0.2, 0) is 0 Å². The van der Waals surface area contributed by atoms with E-state index < -0.39 is 5.54 Å². The summed E-state index contributed by atoms with van der Waals surface area (Å²) in [6.07, 6.45) is 1.97. The smallest absolute Gasteiger partial charge is 0.256 e. The normalized spacial score (nSPS) is 14.9. The Hall–Kier alpha value is -1.34. The molecule has 1 aliphatic carbocycles. The molecule has 2 rings (SSSR count). The highest BCUT2D eigenvalue weighted by atomic mass is 79.9. The minimum Gasteiger partial charge on any atom is -0.317 e. The van der Waals surface area contributed by atoms with E-state index in [0.717, 1.165) is 22.9 Å². The first-order valence-corrected chi connectivity index (χ1v) is 7.17. The Labute approximate surface area is 122 Å². The molecule has 0 N–H and O–H groups in total. The van der Waals surface area contributed by atoms with Crippen LogP contribution in [0.25, 0.3) is 0 Å². The zero-order valence-corrected chi connectivity index (χ0v) is 13.0. The Morgan fingerprint density at radius 1 is 1.47 bits per heavy atom. The van der Waals surface area contributed by atoms with Crippen LogP contribution in [0, 0.1) is 18.3 Å². The number of aryl methyl sites for hydroxylation is 1. The fourth-order valence-electron chi connectivity index (χ4n) is 2.19. The number of hydrogen-bond acceptors (Lipinski definition) is 2. The number of nitrogens with zero attached hydrogens (tertiary/aromatic N) is 2. The summed E-state index contributed by atoms with van der Waals surface area (Å²) in [6, 6.07) is 8.11. The summed E-state index contributed by atoms with van der Waals surface area (Å²) in [7, 11) is 0. The molecule has 0 spiro atoms. The van der Waals surface area contributed by atoms with Crippen molar-refractivity contribution in [3.05, 3.63) is 33.8 Å². The molecule has 0 saturated heterocycles. The van der Waals surface area contributed by atoms with Crippen molar-refractivity contribution < 1.29 is 4.79 Å². The summed E-state index contributed by atoms with van der Waals surface area (Å²) in [4.78, 5) is 14.4. The molecule has 100 valence electrons. The Bertz CT molecular complexity index is 556. The van der Waals surface area contributed by atoms with Crippen LogP contribution in [0.2, 0.25) is 0 Å². The lowest BCUT2D eigenvalue weighted by Crippen LogP contribution is -2.48. The van der Waals surface area contributed by atoms with Crippen LogP contribution in [0.15, 0.2) is 22.7 Å². The van der Waals surface area contributed by atoms with Gasteiger partial charge in [0.05, 0.1) is 11.6 Å². The summed E-state index contributed by atoms with van der Waals surface area (Å²) in [5, 5.41) is 9.29. The second-order valence-corrected chi connectivity index (χ2v) is 6.41. The van der Waals surface area contributed by atoms with Crippen LogP contribution in [0.1, 0.15) is 42.6 Å². The lowest BCUT2D eigenvalue weighted by atomic mass is 10.0. The predicted molar refractivity (Wildman–Crippen MR) is 77.8 cm³/mol. The molecule has 0 unspecified atom stereocenters. The zero-order valence-electron chi connectivity index (χ0n) is 11.4. The maximum atomic E-state index is 12.7. The maximum absolute atomic E-state index is 12.7. The Balaban J connectivity index is 2.38. The van der Waals surface area contributed by atoms with E-state index >= 15 is 0 Å². The number of benzene rings is 1. The lowest BCUT2D eigenvalue weighted by Gasteiger charge is -2.33. The van der Waals surface area contributed by atoms with Gasteiger partial charge in [-0.05, 0) is 67.2 Å². The maximum Gasteiger partial charge on any atom is 0.256 e. The summed E-state index contributed by atoms with van der Waals surface area (Å²) in [5.74, 6) is -0.0686. The molecular weight excluding hydrogens is 304 g/mol. The predicted octanol–water partition coefficient (Wildman–Crippen LogP) is 3.66. The van der Waals surface area contributed by atoms with Gasteiger partial charge in [-0.15, -0.1) is 0 Å². The molecule has 1 fully saturated rings. The Morgan fingerprint density at radius 3 is 2.58 bits per heavy atom. The highest BCUT2D eigenvalue weighted by molar-refractivity contribution is 9.10. The summed E-state index contributed by atoms with van der Waals surface area (Å²) in [5.41, 5.74) is 0.949. The molecule has 4 heteroatoms. The number of halogens is 1. The van der Waals surface area contributed by atoms with E-state index in [0.29, 0.717) is 5.56 Å². The standard InChI is InChI=1S/C15H17BrN2O/c1-10-4-7-12(13(16)8-10)14(19)18(11-5-6-11)15(2,3)9-17/h4,7-8,11H,5-6H2,1-3H3. The minimum absolute atomic E-state index is 0.0686. The van der Waals surface area contributed by atoms with Gasteiger partial charge in [-0.2, -0.15) is 5.26 Å². The number of carbonyl (C=O) groups excluding carboxylic acids is 1. The third-order valence-electron chi connectivity index (χ3n) is 3.36. The van der Waals surface area contributed by atoms with Gasteiger partial charge in [-0.1, -0.05) is 6.07 Å². The third-order valence-corrected chi connectivity index (χ3v) is 4.02. The second-order valence-electron chi connectivity index (χ2n) is 5.56. The van der Waals surface area contributed by atoms with Crippen LogP contribution >= 0.6 is 15.9 Å². The summed E-state index contributed by atoms with van der Waals surface area (Å²) < 4.78 is 0.789. The number of rotatable bonds is 3. The van der Waals surface area contributed by atoms with E-state index in [1.54, 1.807) is 18.7 Å². The van der Waals surface area contributed by atoms with Crippen molar-refractivity contribution in [2.75, 3.05) is 0 Å². The summed E-state index contributed by atoms with van der Waals surface area (Å²) in [6.45, 7) is 5.58. The largest absolute Gasteiger partial charge is 0.317 e. The zero-order chi connectivity index (χ0) is 14.2. The monoisotopic (exact) mass is 320 g/mol. The van der Waals surface area contributed by atoms with Crippen LogP contribution in [0.3, 0.4) is 0 Å². The van der Waals surface area contributed by atoms with Gasteiger partial charge in [-0.3, -0.25) is 4.79 Å². The molecule has 0 aliphatic heterocycles. The molecule has 1 saturated carbocycles. The van der Waals surface area contributed by atoms with Crippen molar-refractivity contribution in [3.8, 4) is 6.07 Å². The molecule has 1 aromatic rings. The minimum atomic E-state index is -0.775. The van der Waals surface area contributed by atoms with Crippen molar-refractivity contribution in [2.45, 2.75) is 45.2 Å².